The number of methoxy groups -OCH3 is 2. The zero-order valence-electron chi connectivity index (χ0n) is 33.4. The first kappa shape index (κ1) is 40.7. The first-order valence-electron chi connectivity index (χ1n) is 19.7. The predicted molar refractivity (Wildman–Crippen MR) is 231 cm³/mol. The molecule has 3 N–H and O–H groups in total. The molecule has 1 aliphatic heterocycles. The average molecular weight is 788 g/mol. The second-order valence-corrected chi connectivity index (χ2v) is 14.6. The second-order valence-electron chi connectivity index (χ2n) is 14.6. The Morgan fingerprint density at radius 3 is 1.46 bits per heavy atom. The molecule has 6 aromatic carbocycles. The fourth-order valence-corrected chi connectivity index (χ4v) is 7.87. The van der Waals surface area contributed by atoms with Gasteiger partial charge in [0, 0.05) is 12.1 Å². The van der Waals surface area contributed by atoms with E-state index in [-0.39, 0.29) is 18.6 Å². The van der Waals surface area contributed by atoms with E-state index in [0.717, 1.165) is 44.9 Å². The van der Waals surface area contributed by atoms with Gasteiger partial charge in [-0.2, -0.15) is 4.98 Å². The second kappa shape index (κ2) is 18.4. The Morgan fingerprint density at radius 1 is 0.644 bits per heavy atom. The summed E-state index contributed by atoms with van der Waals surface area (Å²) in [5, 5.41) is 24.7. The molecule has 1 aliphatic rings. The zero-order valence-corrected chi connectivity index (χ0v) is 33.4. The SMILES string of the molecule is COc1ccc(C(Nc2ccn(C3OC(CO)CC3C)c(=O)n2)(c2ccccc2)c2ccccc2)cc1.COc1ccc(C(O)(c2ccccc2)c2ccccc2)cc1. The maximum atomic E-state index is 13.2. The summed E-state index contributed by atoms with van der Waals surface area (Å²) < 4.78 is 18.0. The van der Waals surface area contributed by atoms with Crippen LogP contribution in [0.1, 0.15) is 53.0 Å². The van der Waals surface area contributed by atoms with E-state index < -0.39 is 23.1 Å². The molecule has 1 fully saturated rings. The molecule has 300 valence electrons. The first-order valence-corrected chi connectivity index (χ1v) is 19.7. The molecule has 0 bridgehead atoms. The molecular weight excluding hydrogens is 739 g/mol. The van der Waals surface area contributed by atoms with Crippen molar-refractivity contribution < 1.29 is 24.4 Å². The molecule has 0 spiro atoms. The summed E-state index contributed by atoms with van der Waals surface area (Å²) in [6, 6.07) is 56.9. The standard InChI is InChI=1S/C30H31N3O4.C20H18O2/c1-21-19-26(20-34)37-28(21)33-18-17-27(31-29(33)35)32-30(22-9-5-3-6-10-22,23-11-7-4-8-12-23)24-13-15-25(36-2)16-14-24;1-22-19-14-12-18(13-15-19)20(21,16-8-4-2-5-9-16)17-10-6-3-7-11-17/h3-18,21,26,28,34H,19-20H2,1-2H3,(H,31,32,35);2-15,21H,1H3. The Balaban J connectivity index is 0.000000204. The van der Waals surface area contributed by atoms with Crippen LogP contribution < -0.4 is 20.5 Å². The lowest BCUT2D eigenvalue weighted by Crippen LogP contribution is -2.39. The topological polar surface area (TPSA) is 115 Å². The lowest BCUT2D eigenvalue weighted by Gasteiger charge is -2.37. The third kappa shape index (κ3) is 8.54. The molecule has 9 nitrogen and oxygen atoms in total. The van der Waals surface area contributed by atoms with Gasteiger partial charge in [0.15, 0.2) is 0 Å². The fourth-order valence-electron chi connectivity index (χ4n) is 7.87. The highest BCUT2D eigenvalue weighted by Gasteiger charge is 2.38. The fraction of sp³-hybridized carbons (Fsp3) is 0.200. The van der Waals surface area contributed by atoms with Gasteiger partial charge >= 0.3 is 5.69 Å². The van der Waals surface area contributed by atoms with Crippen molar-refractivity contribution >= 4 is 5.82 Å². The van der Waals surface area contributed by atoms with Gasteiger partial charge in [-0.25, -0.2) is 4.79 Å². The van der Waals surface area contributed by atoms with Crippen LogP contribution in [0, 0.1) is 5.92 Å². The number of hydrogen-bond acceptors (Lipinski definition) is 8. The molecule has 7 aromatic rings. The number of ether oxygens (including phenoxy) is 3. The summed E-state index contributed by atoms with van der Waals surface area (Å²) in [6.07, 6.45) is 1.67. The number of benzene rings is 6. The number of nitrogens with one attached hydrogen (secondary N) is 1. The van der Waals surface area contributed by atoms with Gasteiger partial charge in [0.1, 0.15) is 34.7 Å². The lowest BCUT2D eigenvalue weighted by molar-refractivity contribution is -0.0335. The van der Waals surface area contributed by atoms with Crippen LogP contribution in [0.2, 0.25) is 0 Å². The summed E-state index contributed by atoms with van der Waals surface area (Å²) in [7, 11) is 3.28. The molecule has 0 saturated carbocycles. The number of aliphatic hydroxyl groups is 2. The molecule has 8 rings (SSSR count). The van der Waals surface area contributed by atoms with Gasteiger partial charge in [-0.15, -0.1) is 0 Å². The van der Waals surface area contributed by atoms with E-state index in [1.165, 1.54) is 4.57 Å². The van der Waals surface area contributed by atoms with Crippen LogP contribution in [0.25, 0.3) is 0 Å². The quantitative estimate of drug-likeness (QED) is 0.106. The summed E-state index contributed by atoms with van der Waals surface area (Å²) in [4.78, 5) is 17.6. The highest BCUT2D eigenvalue weighted by molar-refractivity contribution is 5.58. The normalized spacial score (nSPS) is 16.4. The number of aromatic nitrogens is 2. The largest absolute Gasteiger partial charge is 0.497 e. The number of aliphatic hydroxyl groups excluding tert-OH is 1. The van der Waals surface area contributed by atoms with Crippen LogP contribution >= 0.6 is 0 Å². The monoisotopic (exact) mass is 787 g/mol. The Bertz CT molecular complexity index is 2350. The molecule has 0 radical (unpaired) electrons. The average Bonchev–Trinajstić information content (AvgIpc) is 3.69. The van der Waals surface area contributed by atoms with Gasteiger partial charge < -0.3 is 29.7 Å². The molecule has 2 heterocycles. The Kier molecular flexibility index (Phi) is 12.7. The van der Waals surface area contributed by atoms with Gasteiger partial charge in [-0.1, -0.05) is 153 Å². The van der Waals surface area contributed by atoms with E-state index in [0.29, 0.717) is 12.2 Å². The minimum atomic E-state index is -1.19. The summed E-state index contributed by atoms with van der Waals surface area (Å²) >= 11 is 0. The van der Waals surface area contributed by atoms with Crippen LogP contribution in [-0.2, 0) is 15.9 Å². The van der Waals surface area contributed by atoms with Crippen molar-refractivity contribution in [3.63, 3.8) is 0 Å². The van der Waals surface area contributed by atoms with Gasteiger partial charge in [-0.3, -0.25) is 4.57 Å². The van der Waals surface area contributed by atoms with Crippen LogP contribution in [0.15, 0.2) is 187 Å². The zero-order chi connectivity index (χ0) is 41.2. The van der Waals surface area contributed by atoms with Crippen LogP contribution in [0.5, 0.6) is 11.5 Å². The summed E-state index contributed by atoms with van der Waals surface area (Å²) in [5.41, 5.74) is 3.02. The van der Waals surface area contributed by atoms with Crippen LogP contribution in [0.4, 0.5) is 5.82 Å². The Morgan fingerprint density at radius 2 is 1.05 bits per heavy atom. The van der Waals surface area contributed by atoms with Gasteiger partial charge in [-0.05, 0) is 70.1 Å². The lowest BCUT2D eigenvalue weighted by atomic mass is 9.77. The molecule has 3 unspecified atom stereocenters. The van der Waals surface area contributed by atoms with Crippen molar-refractivity contribution in [2.24, 2.45) is 5.92 Å². The Hall–Kier alpha value is -6.52. The van der Waals surface area contributed by atoms with Crippen LogP contribution in [-0.4, -0.2) is 46.7 Å². The minimum Gasteiger partial charge on any atom is -0.497 e. The smallest absolute Gasteiger partial charge is 0.351 e. The van der Waals surface area contributed by atoms with Crippen molar-refractivity contribution in [3.05, 3.63) is 226 Å². The number of anilines is 1. The number of nitrogens with zero attached hydrogens (tertiary/aromatic N) is 2. The van der Waals surface area contributed by atoms with Crippen molar-refractivity contribution in [2.45, 2.75) is 36.8 Å². The van der Waals surface area contributed by atoms with E-state index in [4.69, 9.17) is 14.2 Å². The highest BCUT2D eigenvalue weighted by atomic mass is 16.5. The van der Waals surface area contributed by atoms with E-state index in [1.54, 1.807) is 26.5 Å². The third-order valence-electron chi connectivity index (χ3n) is 10.9. The molecule has 0 amide bonds. The third-order valence-corrected chi connectivity index (χ3v) is 10.9. The summed E-state index contributed by atoms with van der Waals surface area (Å²) in [6.45, 7) is 1.94. The molecule has 0 aliphatic carbocycles. The van der Waals surface area contributed by atoms with Crippen molar-refractivity contribution in [2.75, 3.05) is 26.1 Å². The van der Waals surface area contributed by atoms with E-state index in [2.05, 4.69) is 34.6 Å². The Labute approximate surface area is 345 Å². The molecule has 9 heteroatoms. The van der Waals surface area contributed by atoms with E-state index in [9.17, 15) is 15.0 Å². The van der Waals surface area contributed by atoms with Crippen molar-refractivity contribution in [1.82, 2.24) is 9.55 Å². The molecular formula is C50H49N3O6. The first-order chi connectivity index (χ1) is 28.8. The maximum Gasteiger partial charge on any atom is 0.351 e. The van der Waals surface area contributed by atoms with Crippen molar-refractivity contribution in [3.8, 4) is 11.5 Å². The predicted octanol–water partition coefficient (Wildman–Crippen LogP) is 8.55. The van der Waals surface area contributed by atoms with Gasteiger partial charge in [0.2, 0.25) is 0 Å². The maximum absolute atomic E-state index is 13.2. The van der Waals surface area contributed by atoms with E-state index >= 15 is 0 Å². The molecule has 1 aromatic heterocycles. The highest BCUT2D eigenvalue weighted by Crippen LogP contribution is 2.41. The van der Waals surface area contributed by atoms with Gasteiger partial charge in [0.25, 0.3) is 0 Å². The minimum absolute atomic E-state index is 0.0683. The van der Waals surface area contributed by atoms with Gasteiger partial charge in [0.05, 0.1) is 26.9 Å². The number of hydrogen-bond donors (Lipinski definition) is 3. The molecule has 1 saturated heterocycles. The molecule has 59 heavy (non-hydrogen) atoms. The van der Waals surface area contributed by atoms with Crippen molar-refractivity contribution in [1.29, 1.82) is 0 Å². The summed E-state index contributed by atoms with van der Waals surface area (Å²) in [5.74, 6) is 2.05. The van der Waals surface area contributed by atoms with E-state index in [1.807, 2.05) is 153 Å². The molecule has 3 atom stereocenters. The number of rotatable bonds is 12. The van der Waals surface area contributed by atoms with Crippen LogP contribution in [0.3, 0.4) is 0 Å².